The second kappa shape index (κ2) is 7.10. The van der Waals surface area contributed by atoms with Crippen molar-refractivity contribution in [3.63, 3.8) is 0 Å². The first kappa shape index (κ1) is 16.8. The van der Waals surface area contributed by atoms with Gasteiger partial charge in [-0.25, -0.2) is 4.79 Å². The molecule has 0 aliphatic heterocycles. The predicted octanol–water partition coefficient (Wildman–Crippen LogP) is -0.155. The molecule has 1 aromatic carbocycles. The number of hydrogen-bond acceptors (Lipinski definition) is 4. The molecule has 6 N–H and O–H groups in total. The van der Waals surface area contributed by atoms with Crippen LogP contribution in [0.15, 0.2) is 30.3 Å². The van der Waals surface area contributed by atoms with Crippen LogP contribution in [0.25, 0.3) is 0 Å². The van der Waals surface area contributed by atoms with Crippen LogP contribution in [-0.4, -0.2) is 40.8 Å². The van der Waals surface area contributed by atoms with E-state index in [0.29, 0.717) is 6.54 Å². The first-order valence-electron chi connectivity index (χ1n) is 7.18. The van der Waals surface area contributed by atoms with Crippen LogP contribution >= 0.6 is 0 Å². The van der Waals surface area contributed by atoms with Gasteiger partial charge in [0, 0.05) is 19.0 Å². The summed E-state index contributed by atoms with van der Waals surface area (Å²) in [5.74, 6) is -4.31. The first-order chi connectivity index (χ1) is 10.9. The van der Waals surface area contributed by atoms with Gasteiger partial charge >= 0.3 is 18.0 Å². The molecule has 8 heteroatoms. The second-order valence-electron chi connectivity index (χ2n) is 5.52. The molecule has 23 heavy (non-hydrogen) atoms. The molecule has 2 amide bonds. The average molecular weight is 321 g/mol. The summed E-state index contributed by atoms with van der Waals surface area (Å²) in [6.45, 7) is 0.418. The highest BCUT2D eigenvalue weighted by Crippen LogP contribution is 2.47. The molecular weight excluding hydrogens is 302 g/mol. The average Bonchev–Trinajstić information content (AvgIpc) is 3.25. The zero-order valence-electron chi connectivity index (χ0n) is 12.3. The van der Waals surface area contributed by atoms with E-state index in [0.717, 1.165) is 5.56 Å². The lowest BCUT2D eigenvalue weighted by Gasteiger charge is -2.08. The zero-order chi connectivity index (χ0) is 17.0. The van der Waals surface area contributed by atoms with E-state index < -0.39 is 41.8 Å². The van der Waals surface area contributed by atoms with Gasteiger partial charge in [0.2, 0.25) is 0 Å². The summed E-state index contributed by atoms with van der Waals surface area (Å²) in [5.41, 5.74) is 6.42. The number of carboxylic acids is 2. The maximum absolute atomic E-state index is 11.7. The van der Waals surface area contributed by atoms with Crippen molar-refractivity contribution in [1.82, 2.24) is 10.6 Å². The lowest BCUT2D eigenvalue weighted by Crippen LogP contribution is -2.38. The van der Waals surface area contributed by atoms with E-state index in [9.17, 15) is 14.4 Å². The molecule has 0 aromatic heterocycles. The fourth-order valence-electron chi connectivity index (χ4n) is 2.72. The Labute approximate surface area is 132 Å². The third kappa shape index (κ3) is 4.19. The summed E-state index contributed by atoms with van der Waals surface area (Å²) in [6, 6.07) is 7.63. The second-order valence-corrected chi connectivity index (χ2v) is 5.52. The molecule has 0 bridgehead atoms. The topological polar surface area (TPSA) is 142 Å². The third-order valence-corrected chi connectivity index (χ3v) is 4.01. The Bertz CT molecular complexity index is 592. The van der Waals surface area contributed by atoms with Crippen LogP contribution < -0.4 is 16.4 Å². The fourth-order valence-corrected chi connectivity index (χ4v) is 2.72. The number of carboxylic acid groups (broad SMARTS) is 2. The smallest absolute Gasteiger partial charge is 0.320 e. The predicted molar refractivity (Wildman–Crippen MR) is 80.4 cm³/mol. The van der Waals surface area contributed by atoms with E-state index in [2.05, 4.69) is 10.6 Å². The Morgan fingerprint density at radius 1 is 1.13 bits per heavy atom. The van der Waals surface area contributed by atoms with Gasteiger partial charge in [-0.3, -0.25) is 9.59 Å². The lowest BCUT2D eigenvalue weighted by atomic mass is 10.1. The standard InChI is InChI=1S/C15H19N3O5/c16-12(14(21)22)10-9(11(10)13(19)20)7-18-15(23)17-6-8-4-2-1-3-5-8/h1-5,9-12H,6-7,16H2,(H,19,20)(H,21,22)(H2,17,18,23). The molecule has 1 saturated carbocycles. The molecular formula is C15H19N3O5. The molecule has 0 spiro atoms. The van der Waals surface area contributed by atoms with Crippen molar-refractivity contribution >= 4 is 18.0 Å². The Kier molecular flexibility index (Phi) is 5.17. The number of urea groups is 1. The Morgan fingerprint density at radius 3 is 2.35 bits per heavy atom. The molecule has 0 radical (unpaired) electrons. The zero-order valence-corrected chi connectivity index (χ0v) is 12.3. The number of amides is 2. The van der Waals surface area contributed by atoms with Gasteiger partial charge in [0.05, 0.1) is 5.92 Å². The maximum atomic E-state index is 11.7. The Morgan fingerprint density at radius 2 is 1.78 bits per heavy atom. The van der Waals surface area contributed by atoms with Crippen molar-refractivity contribution in [3.8, 4) is 0 Å². The summed E-state index contributed by atoms with van der Waals surface area (Å²) in [7, 11) is 0. The van der Waals surface area contributed by atoms with Crippen LogP contribution in [0.5, 0.6) is 0 Å². The normalized spacial score (nSPS) is 23.6. The molecule has 1 fully saturated rings. The molecule has 2 rings (SSSR count). The van der Waals surface area contributed by atoms with Crippen LogP contribution in [0.4, 0.5) is 4.79 Å². The van der Waals surface area contributed by atoms with Gasteiger partial charge in [0.25, 0.3) is 0 Å². The molecule has 1 aliphatic carbocycles. The highest BCUT2D eigenvalue weighted by atomic mass is 16.4. The minimum Gasteiger partial charge on any atom is -0.481 e. The molecule has 0 saturated heterocycles. The number of benzene rings is 1. The van der Waals surface area contributed by atoms with Crippen LogP contribution in [0.2, 0.25) is 0 Å². The van der Waals surface area contributed by atoms with Gasteiger partial charge in [-0.15, -0.1) is 0 Å². The van der Waals surface area contributed by atoms with Crippen LogP contribution in [0.3, 0.4) is 0 Å². The van der Waals surface area contributed by atoms with Gasteiger partial charge in [0.15, 0.2) is 0 Å². The van der Waals surface area contributed by atoms with Crippen molar-refractivity contribution in [3.05, 3.63) is 35.9 Å². The minimum absolute atomic E-state index is 0.0727. The lowest BCUT2D eigenvalue weighted by molar-refractivity contribution is -0.140. The molecule has 8 nitrogen and oxygen atoms in total. The third-order valence-electron chi connectivity index (χ3n) is 4.01. The van der Waals surface area contributed by atoms with Gasteiger partial charge in [-0.05, 0) is 11.5 Å². The molecule has 4 atom stereocenters. The summed E-state index contributed by atoms with van der Waals surface area (Å²) in [4.78, 5) is 33.7. The minimum atomic E-state index is -1.24. The van der Waals surface area contributed by atoms with Crippen LogP contribution in [-0.2, 0) is 16.1 Å². The number of carbonyl (C=O) groups excluding carboxylic acids is 1. The molecule has 1 aromatic rings. The molecule has 0 heterocycles. The highest BCUT2D eigenvalue weighted by molar-refractivity contribution is 5.80. The summed E-state index contributed by atoms with van der Waals surface area (Å²) >= 11 is 0. The van der Waals surface area contributed by atoms with E-state index >= 15 is 0 Å². The summed E-state index contributed by atoms with van der Waals surface area (Å²) < 4.78 is 0. The van der Waals surface area contributed by atoms with Gasteiger partial charge in [0.1, 0.15) is 6.04 Å². The monoisotopic (exact) mass is 321 g/mol. The number of carbonyl (C=O) groups is 3. The van der Waals surface area contributed by atoms with E-state index in [1.54, 1.807) is 0 Å². The number of aliphatic carboxylic acids is 2. The maximum Gasteiger partial charge on any atom is 0.320 e. The SMILES string of the molecule is NC(C(=O)O)C1C(CNC(=O)NCc2ccccc2)C1C(=O)O. The van der Waals surface area contributed by atoms with E-state index in [1.807, 2.05) is 30.3 Å². The summed E-state index contributed by atoms with van der Waals surface area (Å²) in [6.07, 6.45) is 0. The largest absolute Gasteiger partial charge is 0.481 e. The molecule has 4 unspecified atom stereocenters. The number of hydrogen-bond donors (Lipinski definition) is 5. The molecule has 124 valence electrons. The number of nitrogens with two attached hydrogens (primary N) is 1. The van der Waals surface area contributed by atoms with Gasteiger partial charge in [-0.1, -0.05) is 30.3 Å². The number of rotatable bonds is 7. The Balaban J connectivity index is 1.79. The van der Waals surface area contributed by atoms with Gasteiger partial charge in [-0.2, -0.15) is 0 Å². The van der Waals surface area contributed by atoms with Crippen molar-refractivity contribution in [1.29, 1.82) is 0 Å². The van der Waals surface area contributed by atoms with E-state index in [-0.39, 0.29) is 6.54 Å². The fraction of sp³-hybridized carbons (Fsp3) is 0.400. The highest BCUT2D eigenvalue weighted by Gasteiger charge is 2.59. The van der Waals surface area contributed by atoms with Crippen molar-refractivity contribution in [2.24, 2.45) is 23.5 Å². The van der Waals surface area contributed by atoms with Crippen LogP contribution in [0.1, 0.15) is 5.56 Å². The first-order valence-corrected chi connectivity index (χ1v) is 7.18. The van der Waals surface area contributed by atoms with Crippen molar-refractivity contribution in [2.75, 3.05) is 6.54 Å². The quantitative estimate of drug-likeness (QED) is 0.472. The van der Waals surface area contributed by atoms with Crippen molar-refractivity contribution in [2.45, 2.75) is 12.6 Å². The Hall–Kier alpha value is -2.61. The van der Waals surface area contributed by atoms with Gasteiger partial charge < -0.3 is 26.6 Å². The van der Waals surface area contributed by atoms with E-state index in [4.69, 9.17) is 15.9 Å². The molecule has 1 aliphatic rings. The van der Waals surface area contributed by atoms with E-state index in [1.165, 1.54) is 0 Å². The van der Waals surface area contributed by atoms with Crippen molar-refractivity contribution < 1.29 is 24.6 Å². The van der Waals surface area contributed by atoms with Crippen LogP contribution in [0, 0.1) is 17.8 Å². The number of nitrogens with one attached hydrogen (secondary N) is 2. The summed E-state index contributed by atoms with van der Waals surface area (Å²) in [5, 5.41) is 23.2.